The summed E-state index contributed by atoms with van der Waals surface area (Å²) in [5, 5.41) is 20.5. The van der Waals surface area contributed by atoms with Gasteiger partial charge in [0.05, 0.1) is 5.69 Å². The molecule has 7 nitrogen and oxygen atoms in total. The molecule has 0 saturated heterocycles. The monoisotopic (exact) mass is 309 g/mol. The van der Waals surface area contributed by atoms with Crippen LogP contribution in [0, 0.1) is 5.92 Å². The number of hydrogen-bond donors (Lipinski definition) is 4. The minimum Gasteiger partial charge on any atom is -0.480 e. The smallest absolute Gasteiger partial charge is 0.320 e. The number of pyridine rings is 1. The molecule has 1 atom stereocenters. The van der Waals surface area contributed by atoms with E-state index in [1.807, 2.05) is 19.9 Å². The molecule has 1 aromatic rings. The predicted molar refractivity (Wildman–Crippen MR) is 80.2 cm³/mol. The number of amides is 1. The zero-order chi connectivity index (χ0) is 16.5. The van der Waals surface area contributed by atoms with Crippen molar-refractivity contribution in [2.75, 3.05) is 0 Å². The summed E-state index contributed by atoms with van der Waals surface area (Å²) >= 11 is 0. The first kappa shape index (κ1) is 18.1. The number of carbonyl (C=O) groups is 2. The van der Waals surface area contributed by atoms with E-state index in [1.54, 1.807) is 17.7 Å². The number of nitrogens with one attached hydrogen (secondary N) is 2. The normalized spacial score (nSPS) is 12.2. The van der Waals surface area contributed by atoms with Crippen LogP contribution < -0.4 is 10.8 Å². The lowest BCUT2D eigenvalue weighted by Crippen LogP contribution is -2.37. The minimum absolute atomic E-state index is 0.186. The van der Waals surface area contributed by atoms with E-state index in [-0.39, 0.29) is 6.42 Å². The maximum absolute atomic E-state index is 11.1. The van der Waals surface area contributed by atoms with Gasteiger partial charge in [0.25, 0.3) is 0 Å². The minimum atomic E-state index is -0.861. The molecule has 0 aliphatic carbocycles. The fraction of sp³-hybridized carbons (Fsp3) is 0.533. The van der Waals surface area contributed by atoms with Crippen LogP contribution in [0.2, 0.25) is 0 Å². The third kappa shape index (κ3) is 6.64. The summed E-state index contributed by atoms with van der Waals surface area (Å²) in [5.41, 5.74) is 3.20. The summed E-state index contributed by atoms with van der Waals surface area (Å²) in [5.74, 6) is -1.01. The van der Waals surface area contributed by atoms with Gasteiger partial charge in [0, 0.05) is 19.2 Å². The number of hydroxylamine groups is 1. The van der Waals surface area contributed by atoms with Crippen molar-refractivity contribution in [2.24, 2.45) is 5.92 Å². The Kier molecular flexibility index (Phi) is 7.48. The summed E-state index contributed by atoms with van der Waals surface area (Å²) in [6.45, 7) is 4.33. The van der Waals surface area contributed by atoms with E-state index in [0.717, 1.165) is 11.3 Å². The molecule has 4 N–H and O–H groups in total. The number of aromatic nitrogens is 1. The Hall–Kier alpha value is -1.99. The second kappa shape index (κ2) is 9.11. The van der Waals surface area contributed by atoms with Gasteiger partial charge >= 0.3 is 5.97 Å². The van der Waals surface area contributed by atoms with Gasteiger partial charge in [0.2, 0.25) is 5.91 Å². The number of nitrogens with zero attached hydrogens (tertiary/aromatic N) is 1. The SMILES string of the molecule is CC(C)CC(NCc1ccc(CCC(=O)NO)cn1)C(=O)O. The Morgan fingerprint density at radius 1 is 1.32 bits per heavy atom. The number of aliphatic carboxylic acids is 1. The molecule has 0 spiro atoms. The summed E-state index contributed by atoms with van der Waals surface area (Å²) in [7, 11) is 0. The van der Waals surface area contributed by atoms with E-state index in [9.17, 15) is 9.59 Å². The van der Waals surface area contributed by atoms with Crippen LogP contribution in [0.3, 0.4) is 0 Å². The van der Waals surface area contributed by atoms with Crippen molar-refractivity contribution in [1.82, 2.24) is 15.8 Å². The third-order valence-electron chi connectivity index (χ3n) is 3.19. The highest BCUT2D eigenvalue weighted by Crippen LogP contribution is 2.07. The fourth-order valence-corrected chi connectivity index (χ4v) is 1.99. The second-order valence-electron chi connectivity index (χ2n) is 5.59. The highest BCUT2D eigenvalue weighted by atomic mass is 16.5. The molecule has 0 aliphatic rings. The van der Waals surface area contributed by atoms with Crippen LogP contribution in [0.4, 0.5) is 0 Å². The molecule has 1 amide bonds. The average Bonchev–Trinajstić information content (AvgIpc) is 2.49. The predicted octanol–water partition coefficient (Wildman–Crippen LogP) is 1.11. The molecule has 0 bridgehead atoms. The van der Waals surface area contributed by atoms with Gasteiger partial charge in [0.1, 0.15) is 6.04 Å². The van der Waals surface area contributed by atoms with Crippen molar-refractivity contribution in [2.45, 2.75) is 45.7 Å². The number of carboxylic acid groups (broad SMARTS) is 1. The van der Waals surface area contributed by atoms with Crippen LogP contribution in [0.5, 0.6) is 0 Å². The highest BCUT2D eigenvalue weighted by Gasteiger charge is 2.18. The van der Waals surface area contributed by atoms with E-state index in [0.29, 0.717) is 25.3 Å². The van der Waals surface area contributed by atoms with Gasteiger partial charge in [0.15, 0.2) is 0 Å². The van der Waals surface area contributed by atoms with Gasteiger partial charge in [-0.15, -0.1) is 0 Å². The Balaban J connectivity index is 2.49. The van der Waals surface area contributed by atoms with Crippen LogP contribution in [-0.4, -0.2) is 33.2 Å². The Morgan fingerprint density at radius 3 is 2.55 bits per heavy atom. The molecular weight excluding hydrogens is 286 g/mol. The molecule has 1 aromatic heterocycles. The number of aryl methyl sites for hydroxylation is 1. The van der Waals surface area contributed by atoms with Crippen molar-refractivity contribution in [3.63, 3.8) is 0 Å². The van der Waals surface area contributed by atoms with Gasteiger partial charge < -0.3 is 5.11 Å². The summed E-state index contributed by atoms with van der Waals surface area (Å²) in [6, 6.07) is 3.05. The van der Waals surface area contributed by atoms with E-state index in [2.05, 4.69) is 10.3 Å². The van der Waals surface area contributed by atoms with E-state index >= 15 is 0 Å². The topological polar surface area (TPSA) is 112 Å². The molecule has 122 valence electrons. The van der Waals surface area contributed by atoms with Crippen LogP contribution in [-0.2, 0) is 22.6 Å². The molecule has 1 unspecified atom stereocenters. The van der Waals surface area contributed by atoms with Crippen molar-refractivity contribution in [3.05, 3.63) is 29.6 Å². The number of hydrogen-bond acceptors (Lipinski definition) is 5. The molecule has 22 heavy (non-hydrogen) atoms. The second-order valence-corrected chi connectivity index (χ2v) is 5.59. The zero-order valence-electron chi connectivity index (χ0n) is 12.9. The van der Waals surface area contributed by atoms with E-state index < -0.39 is 17.9 Å². The fourth-order valence-electron chi connectivity index (χ4n) is 1.99. The maximum atomic E-state index is 11.1. The Morgan fingerprint density at radius 2 is 2.05 bits per heavy atom. The molecule has 1 heterocycles. The van der Waals surface area contributed by atoms with Gasteiger partial charge in [-0.3, -0.25) is 25.1 Å². The lowest BCUT2D eigenvalue weighted by molar-refractivity contribution is -0.140. The van der Waals surface area contributed by atoms with Crippen molar-refractivity contribution in [3.8, 4) is 0 Å². The van der Waals surface area contributed by atoms with E-state index in [1.165, 1.54) is 0 Å². The molecule has 0 aromatic carbocycles. The van der Waals surface area contributed by atoms with E-state index in [4.69, 9.17) is 10.3 Å². The Labute approximate surface area is 129 Å². The number of carboxylic acids is 1. The van der Waals surface area contributed by atoms with Gasteiger partial charge in [-0.2, -0.15) is 0 Å². The van der Waals surface area contributed by atoms with Gasteiger partial charge in [-0.25, -0.2) is 5.48 Å². The number of rotatable bonds is 9. The summed E-state index contributed by atoms with van der Waals surface area (Å²) in [4.78, 5) is 26.3. The van der Waals surface area contributed by atoms with Crippen LogP contribution >= 0.6 is 0 Å². The summed E-state index contributed by atoms with van der Waals surface area (Å²) in [6.07, 6.45) is 2.88. The molecule has 0 saturated carbocycles. The van der Waals surface area contributed by atoms with Crippen molar-refractivity contribution < 1.29 is 19.9 Å². The van der Waals surface area contributed by atoms with Crippen molar-refractivity contribution >= 4 is 11.9 Å². The largest absolute Gasteiger partial charge is 0.480 e. The number of carbonyl (C=O) groups excluding carboxylic acids is 1. The zero-order valence-corrected chi connectivity index (χ0v) is 12.9. The average molecular weight is 309 g/mol. The standard InChI is InChI=1S/C15H23N3O4/c1-10(2)7-13(15(20)21)17-9-12-5-3-11(8-16-12)4-6-14(19)18-22/h3,5,8,10,13,17,22H,4,6-7,9H2,1-2H3,(H,18,19)(H,20,21). The first-order valence-electron chi connectivity index (χ1n) is 7.25. The first-order valence-corrected chi connectivity index (χ1v) is 7.25. The van der Waals surface area contributed by atoms with Gasteiger partial charge in [-0.1, -0.05) is 19.9 Å². The lowest BCUT2D eigenvalue weighted by atomic mass is 10.0. The van der Waals surface area contributed by atoms with Crippen LogP contribution in [0.15, 0.2) is 18.3 Å². The first-order chi connectivity index (χ1) is 10.4. The molecule has 7 heteroatoms. The van der Waals surface area contributed by atoms with Crippen LogP contribution in [0.25, 0.3) is 0 Å². The molecule has 0 aliphatic heterocycles. The quantitative estimate of drug-likeness (QED) is 0.401. The molecule has 0 radical (unpaired) electrons. The maximum Gasteiger partial charge on any atom is 0.320 e. The Bertz CT molecular complexity index is 488. The highest BCUT2D eigenvalue weighted by molar-refractivity contribution is 5.74. The van der Waals surface area contributed by atoms with Crippen molar-refractivity contribution in [1.29, 1.82) is 0 Å². The van der Waals surface area contributed by atoms with Gasteiger partial charge in [-0.05, 0) is 30.4 Å². The molecule has 1 rings (SSSR count). The third-order valence-corrected chi connectivity index (χ3v) is 3.19. The lowest BCUT2D eigenvalue weighted by Gasteiger charge is -2.16. The molecular formula is C15H23N3O4. The van der Waals surface area contributed by atoms with Crippen LogP contribution in [0.1, 0.15) is 37.9 Å². The summed E-state index contributed by atoms with van der Waals surface area (Å²) < 4.78 is 0. The molecule has 0 fully saturated rings.